The van der Waals surface area contributed by atoms with E-state index >= 15 is 0 Å². The first kappa shape index (κ1) is 16.4. The van der Waals surface area contributed by atoms with E-state index in [-0.39, 0.29) is 11.6 Å². The first-order chi connectivity index (χ1) is 10.1. The minimum atomic E-state index is -0.292. The molecule has 0 unspecified atom stereocenters. The molecular formula is C18H27F2N. The summed E-state index contributed by atoms with van der Waals surface area (Å²) in [6.45, 7) is 5.75. The number of rotatable bonds is 7. The van der Waals surface area contributed by atoms with E-state index in [1.807, 2.05) is 0 Å². The molecule has 1 aliphatic carbocycles. The van der Waals surface area contributed by atoms with Gasteiger partial charge in [0.2, 0.25) is 0 Å². The highest BCUT2D eigenvalue weighted by molar-refractivity contribution is 5.25. The summed E-state index contributed by atoms with van der Waals surface area (Å²) in [7, 11) is 0. The van der Waals surface area contributed by atoms with Gasteiger partial charge in [0, 0.05) is 0 Å². The number of hydrogen-bond acceptors (Lipinski definition) is 1. The molecular weight excluding hydrogens is 268 g/mol. The van der Waals surface area contributed by atoms with Gasteiger partial charge in [0.1, 0.15) is 11.6 Å². The predicted molar refractivity (Wildman–Crippen MR) is 83.5 cm³/mol. The Bertz CT molecular complexity index is 465. The van der Waals surface area contributed by atoms with E-state index in [4.69, 9.17) is 0 Å². The molecule has 1 aliphatic rings. The third kappa shape index (κ3) is 4.26. The second-order valence-corrected chi connectivity index (χ2v) is 6.50. The molecule has 21 heavy (non-hydrogen) atoms. The fourth-order valence-corrected chi connectivity index (χ4v) is 3.56. The molecule has 0 aromatic heterocycles. The average molecular weight is 295 g/mol. The molecule has 1 nitrogen and oxygen atoms in total. The van der Waals surface area contributed by atoms with Crippen LogP contribution in [-0.2, 0) is 6.42 Å². The van der Waals surface area contributed by atoms with Crippen molar-refractivity contribution < 1.29 is 8.78 Å². The molecule has 0 atom stereocenters. The topological polar surface area (TPSA) is 12.0 Å². The van der Waals surface area contributed by atoms with Crippen molar-refractivity contribution >= 4 is 0 Å². The van der Waals surface area contributed by atoms with Crippen molar-refractivity contribution in [2.24, 2.45) is 5.41 Å². The van der Waals surface area contributed by atoms with Crippen molar-refractivity contribution in [2.45, 2.75) is 58.8 Å². The van der Waals surface area contributed by atoms with Crippen molar-refractivity contribution in [3.63, 3.8) is 0 Å². The monoisotopic (exact) mass is 295 g/mol. The zero-order chi connectivity index (χ0) is 15.3. The van der Waals surface area contributed by atoms with Crippen molar-refractivity contribution in [2.75, 3.05) is 13.1 Å². The van der Waals surface area contributed by atoms with Crippen LogP contribution in [-0.4, -0.2) is 13.1 Å². The van der Waals surface area contributed by atoms with Gasteiger partial charge in [-0.25, -0.2) is 8.78 Å². The van der Waals surface area contributed by atoms with Crippen LogP contribution in [0.3, 0.4) is 0 Å². The number of aryl methyl sites for hydroxylation is 2. The summed E-state index contributed by atoms with van der Waals surface area (Å²) in [5, 5.41) is 3.39. The molecule has 1 aromatic carbocycles. The molecule has 0 radical (unpaired) electrons. The zero-order valence-corrected chi connectivity index (χ0v) is 13.3. The van der Waals surface area contributed by atoms with Gasteiger partial charge in [-0.15, -0.1) is 0 Å². The van der Waals surface area contributed by atoms with Gasteiger partial charge in [0.15, 0.2) is 0 Å². The minimum absolute atomic E-state index is 0.256. The molecule has 3 heteroatoms. The van der Waals surface area contributed by atoms with Crippen LogP contribution in [0.4, 0.5) is 8.78 Å². The van der Waals surface area contributed by atoms with Crippen LogP contribution in [0.15, 0.2) is 12.1 Å². The standard InChI is InChI=1S/C18H27F2N/c1-3-21-11-10-18(7-4-5-8-18)9-6-15-13-16(19)14(2)12-17(15)20/h12-13,21H,3-11H2,1-2H3. The number of hydrogen-bond donors (Lipinski definition) is 1. The Hall–Kier alpha value is -0.960. The predicted octanol–water partition coefficient (Wildman–Crippen LogP) is 4.77. The largest absolute Gasteiger partial charge is 0.317 e. The zero-order valence-electron chi connectivity index (χ0n) is 13.3. The number of halogens is 2. The van der Waals surface area contributed by atoms with Gasteiger partial charge in [-0.1, -0.05) is 19.8 Å². The van der Waals surface area contributed by atoms with Crippen molar-refractivity contribution in [3.8, 4) is 0 Å². The molecule has 0 amide bonds. The summed E-state index contributed by atoms with van der Waals surface area (Å²) >= 11 is 0. The highest BCUT2D eigenvalue weighted by Crippen LogP contribution is 2.44. The molecule has 0 spiro atoms. The van der Waals surface area contributed by atoms with Gasteiger partial charge >= 0.3 is 0 Å². The fourth-order valence-electron chi connectivity index (χ4n) is 3.56. The average Bonchev–Trinajstić information content (AvgIpc) is 2.91. The van der Waals surface area contributed by atoms with Gasteiger partial charge in [0.05, 0.1) is 0 Å². The summed E-state index contributed by atoms with van der Waals surface area (Å²) in [4.78, 5) is 0. The van der Waals surface area contributed by atoms with E-state index in [0.717, 1.165) is 25.9 Å². The van der Waals surface area contributed by atoms with Crippen molar-refractivity contribution in [1.82, 2.24) is 5.32 Å². The SMILES string of the molecule is CCNCCC1(CCc2cc(F)c(C)cc2F)CCCC1. The Balaban J connectivity index is 2.00. The molecule has 118 valence electrons. The Kier molecular flexibility index (Phi) is 5.74. The molecule has 1 aromatic rings. The van der Waals surface area contributed by atoms with Crippen LogP contribution in [0, 0.1) is 24.0 Å². The molecule has 1 fully saturated rings. The summed E-state index contributed by atoms with van der Waals surface area (Å²) < 4.78 is 27.6. The van der Waals surface area contributed by atoms with E-state index in [1.165, 1.54) is 37.8 Å². The number of nitrogens with one attached hydrogen (secondary N) is 1. The van der Waals surface area contributed by atoms with E-state index in [9.17, 15) is 8.78 Å². The van der Waals surface area contributed by atoms with E-state index in [0.29, 0.717) is 23.0 Å². The van der Waals surface area contributed by atoms with Crippen LogP contribution >= 0.6 is 0 Å². The quantitative estimate of drug-likeness (QED) is 0.715. The lowest BCUT2D eigenvalue weighted by Crippen LogP contribution is -2.25. The summed E-state index contributed by atoms with van der Waals surface area (Å²) in [6.07, 6.45) is 7.78. The first-order valence-corrected chi connectivity index (χ1v) is 8.21. The molecule has 1 saturated carbocycles. The lowest BCUT2D eigenvalue weighted by atomic mass is 9.77. The van der Waals surface area contributed by atoms with Gasteiger partial charge in [-0.2, -0.15) is 0 Å². The van der Waals surface area contributed by atoms with Gasteiger partial charge < -0.3 is 5.32 Å². The molecule has 0 heterocycles. The Morgan fingerprint density at radius 2 is 1.81 bits per heavy atom. The van der Waals surface area contributed by atoms with Crippen LogP contribution < -0.4 is 5.32 Å². The van der Waals surface area contributed by atoms with E-state index < -0.39 is 0 Å². The minimum Gasteiger partial charge on any atom is -0.317 e. The lowest BCUT2D eigenvalue weighted by Gasteiger charge is -2.29. The maximum atomic E-state index is 14.0. The number of benzene rings is 1. The third-order valence-electron chi connectivity index (χ3n) is 5.00. The first-order valence-electron chi connectivity index (χ1n) is 8.21. The highest BCUT2D eigenvalue weighted by Gasteiger charge is 2.33. The Morgan fingerprint density at radius 3 is 2.48 bits per heavy atom. The molecule has 2 rings (SSSR count). The Morgan fingerprint density at radius 1 is 1.10 bits per heavy atom. The maximum Gasteiger partial charge on any atom is 0.126 e. The van der Waals surface area contributed by atoms with E-state index in [2.05, 4.69) is 12.2 Å². The maximum absolute atomic E-state index is 14.0. The van der Waals surface area contributed by atoms with Crippen LogP contribution in [0.2, 0.25) is 0 Å². The van der Waals surface area contributed by atoms with E-state index in [1.54, 1.807) is 6.92 Å². The van der Waals surface area contributed by atoms with Gasteiger partial charge in [-0.3, -0.25) is 0 Å². The van der Waals surface area contributed by atoms with Gasteiger partial charge in [-0.05, 0) is 80.8 Å². The molecule has 0 bridgehead atoms. The van der Waals surface area contributed by atoms with Crippen molar-refractivity contribution in [3.05, 3.63) is 34.9 Å². The fraction of sp³-hybridized carbons (Fsp3) is 0.667. The van der Waals surface area contributed by atoms with Gasteiger partial charge in [0.25, 0.3) is 0 Å². The second-order valence-electron chi connectivity index (χ2n) is 6.50. The molecule has 1 N–H and O–H groups in total. The highest BCUT2D eigenvalue weighted by atomic mass is 19.1. The molecule has 0 saturated heterocycles. The van der Waals surface area contributed by atoms with Crippen LogP contribution in [0.1, 0.15) is 56.6 Å². The summed E-state index contributed by atoms with van der Waals surface area (Å²) in [5.41, 5.74) is 1.25. The smallest absolute Gasteiger partial charge is 0.126 e. The second kappa shape index (κ2) is 7.35. The summed E-state index contributed by atoms with van der Waals surface area (Å²) in [5.74, 6) is -0.548. The summed E-state index contributed by atoms with van der Waals surface area (Å²) in [6, 6.07) is 2.71. The molecule has 0 aliphatic heterocycles. The lowest BCUT2D eigenvalue weighted by molar-refractivity contribution is 0.245. The van der Waals surface area contributed by atoms with Crippen molar-refractivity contribution in [1.29, 1.82) is 0 Å². The Labute approximate surface area is 127 Å². The third-order valence-corrected chi connectivity index (χ3v) is 5.00. The normalized spacial score (nSPS) is 17.3. The van der Waals surface area contributed by atoms with Crippen LogP contribution in [0.25, 0.3) is 0 Å². The van der Waals surface area contributed by atoms with Crippen LogP contribution in [0.5, 0.6) is 0 Å².